The van der Waals surface area contributed by atoms with Crippen LogP contribution in [0.1, 0.15) is 21.5 Å². The van der Waals surface area contributed by atoms with Gasteiger partial charge in [0, 0.05) is 34.2 Å². The largest absolute Gasteiger partial charge is 0.296 e. The minimum atomic E-state index is -3.88. The number of benzene rings is 2. The second kappa shape index (κ2) is 10.5. The minimum Gasteiger partial charge on any atom is -0.296 e. The Morgan fingerprint density at radius 1 is 1.23 bits per heavy atom. The van der Waals surface area contributed by atoms with Crippen LogP contribution in [0.3, 0.4) is 0 Å². The van der Waals surface area contributed by atoms with Crippen molar-refractivity contribution in [1.82, 2.24) is 14.9 Å². The van der Waals surface area contributed by atoms with E-state index in [1.54, 1.807) is 24.3 Å². The van der Waals surface area contributed by atoms with Crippen molar-refractivity contribution in [2.45, 2.75) is 17.0 Å². The normalized spacial score (nSPS) is 11.5. The summed E-state index contributed by atoms with van der Waals surface area (Å²) in [7, 11) is -3.88. The molecule has 3 rings (SSSR count). The van der Waals surface area contributed by atoms with E-state index in [-0.39, 0.29) is 16.0 Å². The molecule has 31 heavy (non-hydrogen) atoms. The molecule has 12 heteroatoms. The van der Waals surface area contributed by atoms with Gasteiger partial charge in [0.2, 0.25) is 9.47 Å². The fourth-order valence-electron chi connectivity index (χ4n) is 2.48. The molecule has 0 aliphatic rings. The van der Waals surface area contributed by atoms with E-state index < -0.39 is 21.7 Å². The second-order valence-corrected chi connectivity index (χ2v) is 10.8. The zero-order chi connectivity index (χ0) is 22.4. The summed E-state index contributed by atoms with van der Waals surface area (Å²) in [6.45, 7) is 1.98. The van der Waals surface area contributed by atoms with Gasteiger partial charge in [0.1, 0.15) is 5.82 Å². The van der Waals surface area contributed by atoms with Crippen LogP contribution in [0.15, 0.2) is 46.8 Å². The molecule has 1 aromatic heterocycles. The molecule has 0 saturated heterocycles. The highest BCUT2D eigenvalue weighted by Crippen LogP contribution is 2.24. The zero-order valence-corrected chi connectivity index (χ0v) is 19.5. The number of nitrogens with zero attached hydrogens (tertiary/aromatic N) is 2. The number of aryl methyl sites for hydroxylation is 1. The SMILES string of the molecule is Cc1cccc(C(=O)Nc2nnc(S(=O)(=O)NCCSCc3c(F)cccc3Cl)s2)c1. The summed E-state index contributed by atoms with van der Waals surface area (Å²) < 4.78 is 40.7. The molecule has 0 aliphatic carbocycles. The number of carbonyl (C=O) groups excluding carboxylic acids is 1. The third kappa shape index (κ3) is 6.47. The smallest absolute Gasteiger partial charge is 0.269 e. The molecule has 0 unspecified atom stereocenters. The molecule has 2 N–H and O–H groups in total. The Morgan fingerprint density at radius 2 is 2.00 bits per heavy atom. The first kappa shape index (κ1) is 23.6. The van der Waals surface area contributed by atoms with Gasteiger partial charge in [-0.3, -0.25) is 10.1 Å². The van der Waals surface area contributed by atoms with Crippen LogP contribution >= 0.6 is 34.7 Å². The van der Waals surface area contributed by atoms with Crippen LogP contribution in [0.2, 0.25) is 5.02 Å². The van der Waals surface area contributed by atoms with E-state index in [0.717, 1.165) is 16.9 Å². The number of aromatic nitrogens is 2. The standard InChI is InChI=1S/C19H18ClFN4O3S3/c1-12-4-2-5-13(10-12)17(26)23-18-24-25-19(30-18)31(27,28)22-8-9-29-11-14-15(20)6-3-7-16(14)21/h2-7,10,22H,8-9,11H2,1H3,(H,23,24,26). The van der Waals surface area contributed by atoms with Gasteiger partial charge < -0.3 is 0 Å². The number of carbonyl (C=O) groups is 1. The van der Waals surface area contributed by atoms with Crippen molar-refractivity contribution in [3.63, 3.8) is 0 Å². The molecular formula is C19H18ClFN4O3S3. The first-order valence-electron chi connectivity index (χ1n) is 8.98. The first-order chi connectivity index (χ1) is 14.8. The van der Waals surface area contributed by atoms with Crippen LogP contribution in [-0.4, -0.2) is 36.8 Å². The lowest BCUT2D eigenvalue weighted by Gasteiger charge is -2.06. The lowest BCUT2D eigenvalue weighted by molar-refractivity contribution is 0.102. The van der Waals surface area contributed by atoms with Crippen molar-refractivity contribution in [1.29, 1.82) is 0 Å². The summed E-state index contributed by atoms with van der Waals surface area (Å²) in [5, 5.41) is 10.3. The van der Waals surface area contributed by atoms with Gasteiger partial charge in [-0.25, -0.2) is 17.5 Å². The minimum absolute atomic E-state index is 0.0791. The average Bonchev–Trinajstić information content (AvgIpc) is 3.19. The maximum Gasteiger partial charge on any atom is 0.269 e. The maximum atomic E-state index is 13.7. The molecule has 0 fully saturated rings. The third-order valence-corrected chi connectivity index (χ3v) is 7.99. The van der Waals surface area contributed by atoms with E-state index in [1.165, 1.54) is 23.9 Å². The number of sulfonamides is 1. The van der Waals surface area contributed by atoms with Crippen LogP contribution in [0.5, 0.6) is 0 Å². The van der Waals surface area contributed by atoms with Crippen molar-refractivity contribution < 1.29 is 17.6 Å². The fourth-order valence-corrected chi connectivity index (χ4v) is 5.77. The summed E-state index contributed by atoms with van der Waals surface area (Å²) in [5.74, 6) is -0.0736. The Balaban J connectivity index is 1.51. The molecule has 0 radical (unpaired) electrons. The van der Waals surface area contributed by atoms with Crippen molar-refractivity contribution >= 4 is 55.8 Å². The number of anilines is 1. The highest BCUT2D eigenvalue weighted by atomic mass is 35.5. The maximum absolute atomic E-state index is 13.7. The van der Waals surface area contributed by atoms with E-state index in [0.29, 0.717) is 27.7 Å². The van der Waals surface area contributed by atoms with Gasteiger partial charge in [0.15, 0.2) is 0 Å². The highest BCUT2D eigenvalue weighted by Gasteiger charge is 2.21. The summed E-state index contributed by atoms with van der Waals surface area (Å²) in [6.07, 6.45) is 0. The summed E-state index contributed by atoms with van der Waals surface area (Å²) >= 11 is 8.07. The predicted octanol–water partition coefficient (Wildman–Crippen LogP) is 4.10. The van der Waals surface area contributed by atoms with E-state index >= 15 is 0 Å². The summed E-state index contributed by atoms with van der Waals surface area (Å²) in [5.41, 5.74) is 1.74. The molecule has 1 heterocycles. The Bertz CT molecular complexity index is 1170. The number of hydrogen-bond acceptors (Lipinski definition) is 7. The molecule has 0 saturated carbocycles. The number of halogens is 2. The Hall–Kier alpha value is -2.05. The van der Waals surface area contributed by atoms with E-state index in [1.807, 2.05) is 13.0 Å². The van der Waals surface area contributed by atoms with Crippen molar-refractivity contribution in [2.75, 3.05) is 17.6 Å². The van der Waals surface area contributed by atoms with E-state index in [4.69, 9.17) is 11.6 Å². The topological polar surface area (TPSA) is 101 Å². The fraction of sp³-hybridized carbons (Fsp3) is 0.211. The van der Waals surface area contributed by atoms with Crippen molar-refractivity contribution in [2.24, 2.45) is 0 Å². The number of amides is 1. The summed E-state index contributed by atoms with van der Waals surface area (Å²) in [4.78, 5) is 12.3. The number of rotatable bonds is 9. The van der Waals surface area contributed by atoms with Gasteiger partial charge in [-0.05, 0) is 31.2 Å². The predicted molar refractivity (Wildman–Crippen MR) is 122 cm³/mol. The summed E-state index contributed by atoms with van der Waals surface area (Å²) in [6, 6.07) is 11.4. The highest BCUT2D eigenvalue weighted by molar-refractivity contribution is 7.98. The van der Waals surface area contributed by atoms with E-state index in [9.17, 15) is 17.6 Å². The molecule has 0 aliphatic heterocycles. The molecule has 2 aromatic carbocycles. The Morgan fingerprint density at radius 3 is 2.74 bits per heavy atom. The van der Waals surface area contributed by atoms with Gasteiger partial charge in [0.05, 0.1) is 0 Å². The first-order valence-corrected chi connectivity index (χ1v) is 12.8. The molecular weight excluding hydrogens is 483 g/mol. The van der Waals surface area contributed by atoms with Crippen LogP contribution in [0.4, 0.5) is 9.52 Å². The second-order valence-electron chi connectivity index (χ2n) is 6.35. The van der Waals surface area contributed by atoms with Gasteiger partial charge in [0.25, 0.3) is 15.9 Å². The van der Waals surface area contributed by atoms with Gasteiger partial charge in [-0.2, -0.15) is 11.8 Å². The van der Waals surface area contributed by atoms with Crippen LogP contribution in [0, 0.1) is 12.7 Å². The van der Waals surface area contributed by atoms with Crippen molar-refractivity contribution in [3.05, 3.63) is 70.0 Å². The molecule has 164 valence electrons. The third-order valence-electron chi connectivity index (χ3n) is 3.98. The molecule has 0 bridgehead atoms. The number of nitrogens with one attached hydrogen (secondary N) is 2. The molecule has 0 spiro atoms. The molecule has 1 amide bonds. The van der Waals surface area contributed by atoms with Crippen LogP contribution in [-0.2, 0) is 15.8 Å². The molecule has 3 aromatic rings. The van der Waals surface area contributed by atoms with Gasteiger partial charge >= 0.3 is 0 Å². The zero-order valence-electron chi connectivity index (χ0n) is 16.3. The lowest BCUT2D eigenvalue weighted by Crippen LogP contribution is -2.26. The molecule has 0 atom stereocenters. The Kier molecular flexibility index (Phi) is 8.00. The van der Waals surface area contributed by atoms with Crippen molar-refractivity contribution in [3.8, 4) is 0 Å². The quantitative estimate of drug-likeness (QED) is 0.339. The van der Waals surface area contributed by atoms with Crippen LogP contribution in [0.25, 0.3) is 0 Å². The average molecular weight is 501 g/mol. The van der Waals surface area contributed by atoms with Crippen LogP contribution < -0.4 is 10.0 Å². The number of thioether (sulfide) groups is 1. The number of hydrogen-bond donors (Lipinski definition) is 2. The van der Waals surface area contributed by atoms with Gasteiger partial charge in [-0.1, -0.05) is 46.7 Å². The lowest BCUT2D eigenvalue weighted by atomic mass is 10.1. The monoisotopic (exact) mass is 500 g/mol. The van der Waals surface area contributed by atoms with Gasteiger partial charge in [-0.15, -0.1) is 10.2 Å². The van der Waals surface area contributed by atoms with E-state index in [2.05, 4.69) is 20.2 Å². The Labute approximate surface area is 192 Å². The molecule has 7 nitrogen and oxygen atoms in total.